The maximum atomic E-state index is 12.1. The summed E-state index contributed by atoms with van der Waals surface area (Å²) < 4.78 is 5.41. The normalized spacial score (nSPS) is 19.8. The van der Waals surface area contributed by atoms with Crippen molar-refractivity contribution in [3.8, 4) is 0 Å². The summed E-state index contributed by atoms with van der Waals surface area (Å²) in [4.78, 5) is 13.8. The predicted molar refractivity (Wildman–Crippen MR) is 69.9 cm³/mol. The first-order valence-electron chi connectivity index (χ1n) is 6.21. The largest absolute Gasteiger partial charge is 0.444 e. The second kappa shape index (κ2) is 5.89. The Morgan fingerprint density at radius 2 is 2.29 bits per heavy atom. The second-order valence-electron chi connectivity index (χ2n) is 5.35. The van der Waals surface area contributed by atoms with Gasteiger partial charge in [0.2, 0.25) is 0 Å². The van der Waals surface area contributed by atoms with Gasteiger partial charge in [0.25, 0.3) is 0 Å². The van der Waals surface area contributed by atoms with Crippen molar-refractivity contribution in [2.75, 3.05) is 6.54 Å². The lowest BCUT2D eigenvalue weighted by atomic mass is 10.0. The first kappa shape index (κ1) is 13.8. The Hall–Kier alpha value is -1.25. The van der Waals surface area contributed by atoms with Crippen LogP contribution in [0.2, 0.25) is 0 Å². The number of carbonyl (C=O) groups is 1. The van der Waals surface area contributed by atoms with Crippen molar-refractivity contribution in [3.05, 3.63) is 24.8 Å². The zero-order valence-electron chi connectivity index (χ0n) is 11.1. The average Bonchev–Trinajstić information content (AvgIpc) is 2.24. The first-order chi connectivity index (χ1) is 7.94. The first-order valence-corrected chi connectivity index (χ1v) is 6.21. The van der Waals surface area contributed by atoms with E-state index in [1.807, 2.05) is 20.8 Å². The number of ether oxygens (including phenoxy) is 1. The van der Waals surface area contributed by atoms with E-state index < -0.39 is 5.60 Å². The molecule has 1 rings (SSSR count). The third-order valence-electron chi connectivity index (χ3n) is 2.58. The van der Waals surface area contributed by atoms with Gasteiger partial charge in [-0.15, -0.1) is 6.58 Å². The number of amides is 1. The van der Waals surface area contributed by atoms with Gasteiger partial charge in [-0.25, -0.2) is 4.79 Å². The quantitative estimate of drug-likeness (QED) is 0.703. The Labute approximate surface area is 104 Å². The molecule has 1 atom stereocenters. The van der Waals surface area contributed by atoms with Crippen molar-refractivity contribution < 1.29 is 9.53 Å². The van der Waals surface area contributed by atoms with Gasteiger partial charge in [0.1, 0.15) is 5.60 Å². The number of allylic oxidation sites excluding steroid dienone is 1. The van der Waals surface area contributed by atoms with Crippen molar-refractivity contribution in [1.29, 1.82) is 0 Å². The molecule has 0 saturated heterocycles. The van der Waals surface area contributed by atoms with Crippen LogP contribution in [0.3, 0.4) is 0 Å². The highest BCUT2D eigenvalue weighted by molar-refractivity contribution is 5.69. The topological polar surface area (TPSA) is 29.5 Å². The summed E-state index contributed by atoms with van der Waals surface area (Å²) in [5.41, 5.74) is -0.450. The number of hydrogen-bond acceptors (Lipinski definition) is 2. The lowest BCUT2D eigenvalue weighted by Gasteiger charge is -2.32. The maximum absolute atomic E-state index is 12.1. The van der Waals surface area contributed by atoms with Crippen molar-refractivity contribution in [3.63, 3.8) is 0 Å². The molecule has 1 aliphatic rings. The molecule has 0 fully saturated rings. The minimum Gasteiger partial charge on any atom is -0.444 e. The highest BCUT2D eigenvalue weighted by atomic mass is 16.6. The van der Waals surface area contributed by atoms with Gasteiger partial charge in [0, 0.05) is 6.54 Å². The minimum atomic E-state index is -0.450. The van der Waals surface area contributed by atoms with Crippen LogP contribution in [0.4, 0.5) is 4.79 Å². The van der Waals surface area contributed by atoms with Crippen molar-refractivity contribution in [1.82, 2.24) is 4.90 Å². The Kier molecular flexibility index (Phi) is 4.79. The Morgan fingerprint density at radius 3 is 2.76 bits per heavy atom. The van der Waals surface area contributed by atoms with Gasteiger partial charge >= 0.3 is 6.09 Å². The zero-order chi connectivity index (χ0) is 12.9. The van der Waals surface area contributed by atoms with Crippen LogP contribution in [0.25, 0.3) is 0 Å². The minimum absolute atomic E-state index is 0.150. The molecule has 0 aromatic heterocycles. The molecule has 96 valence electrons. The van der Waals surface area contributed by atoms with Crippen molar-refractivity contribution >= 4 is 6.09 Å². The predicted octanol–water partition coefficient (Wildman–Crippen LogP) is 3.52. The molecule has 0 aromatic carbocycles. The van der Waals surface area contributed by atoms with E-state index in [1.165, 1.54) is 0 Å². The number of hydrogen-bond donors (Lipinski definition) is 0. The summed E-state index contributed by atoms with van der Waals surface area (Å²) in [7, 11) is 0. The van der Waals surface area contributed by atoms with Crippen LogP contribution >= 0.6 is 0 Å². The molecule has 1 amide bonds. The van der Waals surface area contributed by atoms with Crippen LogP contribution < -0.4 is 0 Å². The molecule has 0 heterocycles. The van der Waals surface area contributed by atoms with Crippen LogP contribution in [0, 0.1) is 0 Å². The van der Waals surface area contributed by atoms with E-state index in [1.54, 1.807) is 11.0 Å². The van der Waals surface area contributed by atoms with E-state index in [0.717, 1.165) is 19.3 Å². The van der Waals surface area contributed by atoms with Crippen molar-refractivity contribution in [2.45, 2.75) is 51.7 Å². The summed E-state index contributed by atoms with van der Waals surface area (Å²) in [5, 5.41) is 0. The molecule has 0 saturated carbocycles. The maximum Gasteiger partial charge on any atom is 0.411 e. The van der Waals surface area contributed by atoms with E-state index >= 15 is 0 Å². The molecule has 0 aromatic rings. The lowest BCUT2D eigenvalue weighted by molar-refractivity contribution is 0.0214. The number of carbonyl (C=O) groups excluding carboxylic acids is 1. The molecule has 17 heavy (non-hydrogen) atoms. The third kappa shape index (κ3) is 4.63. The van der Waals surface area contributed by atoms with Gasteiger partial charge < -0.3 is 4.74 Å². The molecular formula is C14H23NO2. The van der Waals surface area contributed by atoms with Crippen LogP contribution in [-0.2, 0) is 4.74 Å². The molecule has 0 N–H and O–H groups in total. The Bertz CT molecular complexity index is 302. The molecular weight excluding hydrogens is 214 g/mol. The fourth-order valence-electron chi connectivity index (χ4n) is 1.86. The van der Waals surface area contributed by atoms with Crippen LogP contribution in [-0.4, -0.2) is 29.2 Å². The molecule has 1 unspecified atom stereocenters. The highest BCUT2D eigenvalue weighted by Gasteiger charge is 2.26. The molecule has 0 spiro atoms. The average molecular weight is 237 g/mol. The fourth-order valence-corrected chi connectivity index (χ4v) is 1.86. The van der Waals surface area contributed by atoms with Gasteiger partial charge in [-0.3, -0.25) is 4.90 Å². The molecule has 1 aliphatic carbocycles. The number of nitrogens with zero attached hydrogens (tertiary/aromatic N) is 1. The molecule has 0 bridgehead atoms. The summed E-state index contributed by atoms with van der Waals surface area (Å²) in [5.74, 6) is 0. The van der Waals surface area contributed by atoms with E-state index in [0.29, 0.717) is 6.54 Å². The van der Waals surface area contributed by atoms with E-state index in [4.69, 9.17) is 4.74 Å². The molecule has 0 aliphatic heterocycles. The smallest absolute Gasteiger partial charge is 0.411 e. The summed E-state index contributed by atoms with van der Waals surface area (Å²) >= 11 is 0. The monoisotopic (exact) mass is 237 g/mol. The second-order valence-corrected chi connectivity index (χ2v) is 5.35. The van der Waals surface area contributed by atoms with E-state index in [-0.39, 0.29) is 12.1 Å². The van der Waals surface area contributed by atoms with Crippen LogP contribution in [0.15, 0.2) is 24.8 Å². The zero-order valence-corrected chi connectivity index (χ0v) is 11.1. The van der Waals surface area contributed by atoms with Crippen LogP contribution in [0.1, 0.15) is 40.0 Å². The number of rotatable bonds is 3. The summed E-state index contributed by atoms with van der Waals surface area (Å²) in [6.07, 6.45) is 8.94. The van der Waals surface area contributed by atoms with E-state index in [2.05, 4.69) is 18.7 Å². The highest BCUT2D eigenvalue weighted by Crippen LogP contribution is 2.19. The standard InChI is InChI=1S/C14H23NO2/c1-5-11-15(12-9-7-6-8-10-12)13(16)17-14(2,3)4/h5,7,9,12H,1,6,8,10-11H2,2-4H3. The SMILES string of the molecule is C=CCN(C(=O)OC(C)(C)C)C1C=CCCC1. The van der Waals surface area contributed by atoms with Crippen LogP contribution in [0.5, 0.6) is 0 Å². The van der Waals surface area contributed by atoms with Gasteiger partial charge in [0.05, 0.1) is 6.04 Å². The van der Waals surface area contributed by atoms with E-state index in [9.17, 15) is 4.79 Å². The van der Waals surface area contributed by atoms with Crippen molar-refractivity contribution in [2.24, 2.45) is 0 Å². The Balaban J connectivity index is 2.70. The summed E-state index contributed by atoms with van der Waals surface area (Å²) in [6, 6.07) is 0.150. The van der Waals surface area contributed by atoms with Gasteiger partial charge in [-0.2, -0.15) is 0 Å². The fraction of sp³-hybridized carbons (Fsp3) is 0.643. The Morgan fingerprint density at radius 1 is 1.59 bits per heavy atom. The molecule has 0 radical (unpaired) electrons. The van der Waals surface area contributed by atoms with Gasteiger partial charge in [0.15, 0.2) is 0 Å². The van der Waals surface area contributed by atoms with Gasteiger partial charge in [-0.05, 0) is 40.0 Å². The lowest BCUT2D eigenvalue weighted by Crippen LogP contribution is -2.43. The molecule has 3 heteroatoms. The summed E-state index contributed by atoms with van der Waals surface area (Å²) in [6.45, 7) is 9.88. The van der Waals surface area contributed by atoms with Gasteiger partial charge in [-0.1, -0.05) is 18.2 Å². The molecule has 3 nitrogen and oxygen atoms in total. The third-order valence-corrected chi connectivity index (χ3v) is 2.58.